The number of aromatic nitrogens is 3. The van der Waals surface area contributed by atoms with E-state index in [4.69, 9.17) is 0 Å². The highest BCUT2D eigenvalue weighted by molar-refractivity contribution is 5.80. The summed E-state index contributed by atoms with van der Waals surface area (Å²) in [6.45, 7) is 5.76. The van der Waals surface area contributed by atoms with Crippen LogP contribution in [-0.2, 0) is 11.2 Å². The van der Waals surface area contributed by atoms with Crippen LogP contribution in [0.15, 0.2) is 12.3 Å². The molecule has 1 saturated heterocycles. The Morgan fingerprint density at radius 3 is 2.75 bits per heavy atom. The second-order valence-corrected chi connectivity index (χ2v) is 5.56. The van der Waals surface area contributed by atoms with Gasteiger partial charge in [-0.1, -0.05) is 0 Å². The number of nitrogens with zero attached hydrogens (tertiary/aromatic N) is 4. The number of carbonyl (C=O) groups excluding carboxylic acids is 1. The van der Waals surface area contributed by atoms with E-state index < -0.39 is 0 Å². The highest BCUT2D eigenvalue weighted by Crippen LogP contribution is 2.15. The van der Waals surface area contributed by atoms with Gasteiger partial charge in [0.25, 0.3) is 0 Å². The van der Waals surface area contributed by atoms with Crippen molar-refractivity contribution in [3.63, 3.8) is 0 Å². The second-order valence-electron chi connectivity index (χ2n) is 5.56. The van der Waals surface area contributed by atoms with Gasteiger partial charge in [-0.05, 0) is 39.2 Å². The number of amides is 1. The van der Waals surface area contributed by atoms with E-state index in [9.17, 15) is 4.79 Å². The molecule has 1 aliphatic heterocycles. The molecule has 0 aliphatic carbocycles. The lowest BCUT2D eigenvalue weighted by molar-refractivity contribution is -0.131. The minimum atomic E-state index is 0.195. The van der Waals surface area contributed by atoms with Gasteiger partial charge in [-0.25, -0.2) is 9.50 Å². The van der Waals surface area contributed by atoms with Crippen molar-refractivity contribution in [2.45, 2.75) is 39.5 Å². The first kappa shape index (κ1) is 13.1. The molecule has 20 heavy (non-hydrogen) atoms. The normalized spacial score (nSPS) is 15.8. The molecule has 5 nitrogen and oxygen atoms in total. The molecule has 3 rings (SSSR count). The Hall–Kier alpha value is -1.91. The predicted octanol–water partition coefficient (Wildman–Crippen LogP) is 1.90. The Labute approximate surface area is 118 Å². The van der Waals surface area contributed by atoms with Crippen molar-refractivity contribution in [1.82, 2.24) is 19.5 Å². The monoisotopic (exact) mass is 272 g/mol. The molecular weight excluding hydrogens is 252 g/mol. The first-order valence-corrected chi connectivity index (χ1v) is 7.24. The SMILES string of the molecule is Cc1cc(C)n2ncc(CC(=O)N3CCCCC3)c2n1. The van der Waals surface area contributed by atoms with E-state index in [1.165, 1.54) is 6.42 Å². The standard InChI is InChI=1S/C15H20N4O/c1-11-8-12(2)19-15(17-11)13(10-16-19)9-14(20)18-6-4-3-5-7-18/h8,10H,3-7,9H2,1-2H3. The van der Waals surface area contributed by atoms with Crippen LogP contribution < -0.4 is 0 Å². The third-order valence-corrected chi connectivity index (χ3v) is 3.90. The average molecular weight is 272 g/mol. The molecular formula is C15H20N4O. The van der Waals surface area contributed by atoms with Crippen molar-refractivity contribution in [2.75, 3.05) is 13.1 Å². The number of piperidine rings is 1. The molecule has 0 bridgehead atoms. The van der Waals surface area contributed by atoms with Crippen molar-refractivity contribution in [1.29, 1.82) is 0 Å². The summed E-state index contributed by atoms with van der Waals surface area (Å²) < 4.78 is 1.81. The first-order chi connectivity index (χ1) is 9.65. The topological polar surface area (TPSA) is 50.5 Å². The maximum Gasteiger partial charge on any atom is 0.227 e. The first-order valence-electron chi connectivity index (χ1n) is 7.24. The van der Waals surface area contributed by atoms with Crippen molar-refractivity contribution in [3.05, 3.63) is 29.2 Å². The van der Waals surface area contributed by atoms with Crippen LogP contribution in [0, 0.1) is 13.8 Å². The maximum atomic E-state index is 12.3. The number of hydrogen-bond donors (Lipinski definition) is 0. The fourth-order valence-corrected chi connectivity index (χ4v) is 2.86. The smallest absolute Gasteiger partial charge is 0.227 e. The van der Waals surface area contributed by atoms with Gasteiger partial charge in [0.15, 0.2) is 5.65 Å². The van der Waals surface area contributed by atoms with E-state index >= 15 is 0 Å². The van der Waals surface area contributed by atoms with Crippen molar-refractivity contribution < 1.29 is 4.79 Å². The molecule has 5 heteroatoms. The van der Waals surface area contributed by atoms with E-state index in [2.05, 4.69) is 10.1 Å². The van der Waals surface area contributed by atoms with Crippen LogP contribution in [0.1, 0.15) is 36.2 Å². The van der Waals surface area contributed by atoms with Gasteiger partial charge < -0.3 is 4.90 Å². The van der Waals surface area contributed by atoms with Gasteiger partial charge in [-0.3, -0.25) is 4.79 Å². The lowest BCUT2D eigenvalue weighted by Gasteiger charge is -2.26. The molecule has 0 N–H and O–H groups in total. The number of aryl methyl sites for hydroxylation is 2. The van der Waals surface area contributed by atoms with Crippen LogP contribution in [0.3, 0.4) is 0 Å². The van der Waals surface area contributed by atoms with Gasteiger partial charge in [0, 0.05) is 30.0 Å². The summed E-state index contributed by atoms with van der Waals surface area (Å²) >= 11 is 0. The Kier molecular flexibility index (Phi) is 3.42. The molecule has 1 fully saturated rings. The van der Waals surface area contributed by atoms with Crippen molar-refractivity contribution in [2.24, 2.45) is 0 Å². The predicted molar refractivity (Wildman–Crippen MR) is 76.6 cm³/mol. The lowest BCUT2D eigenvalue weighted by atomic mass is 10.1. The molecule has 2 aromatic heterocycles. The van der Waals surface area contributed by atoms with Gasteiger partial charge in [-0.2, -0.15) is 5.10 Å². The molecule has 0 aromatic carbocycles. The van der Waals surface area contributed by atoms with Crippen LogP contribution in [0.4, 0.5) is 0 Å². The van der Waals surface area contributed by atoms with Gasteiger partial charge >= 0.3 is 0 Å². The fraction of sp³-hybridized carbons (Fsp3) is 0.533. The third kappa shape index (κ3) is 2.40. The van der Waals surface area contributed by atoms with Crippen LogP contribution >= 0.6 is 0 Å². The Morgan fingerprint density at radius 1 is 1.25 bits per heavy atom. The number of likely N-dealkylation sites (tertiary alicyclic amines) is 1. The number of fused-ring (bicyclic) bond motifs is 1. The zero-order valence-corrected chi connectivity index (χ0v) is 12.1. The number of carbonyl (C=O) groups is 1. The molecule has 1 aliphatic rings. The van der Waals surface area contributed by atoms with Gasteiger partial charge in [0.2, 0.25) is 5.91 Å². The Morgan fingerprint density at radius 2 is 2.00 bits per heavy atom. The summed E-state index contributed by atoms with van der Waals surface area (Å²) in [7, 11) is 0. The fourth-order valence-electron chi connectivity index (χ4n) is 2.86. The van der Waals surface area contributed by atoms with Gasteiger partial charge in [0.1, 0.15) is 0 Å². The summed E-state index contributed by atoms with van der Waals surface area (Å²) in [6, 6.07) is 2.00. The molecule has 0 radical (unpaired) electrons. The molecule has 2 aromatic rings. The van der Waals surface area contributed by atoms with E-state index in [1.54, 1.807) is 6.20 Å². The second kappa shape index (κ2) is 5.23. The molecule has 0 saturated carbocycles. The maximum absolute atomic E-state index is 12.3. The molecule has 1 amide bonds. The van der Waals surface area contributed by atoms with Crippen LogP contribution in [0.25, 0.3) is 5.65 Å². The molecule has 0 spiro atoms. The average Bonchev–Trinajstić information content (AvgIpc) is 2.83. The van der Waals surface area contributed by atoms with Crippen LogP contribution in [0.5, 0.6) is 0 Å². The van der Waals surface area contributed by atoms with Crippen LogP contribution in [0.2, 0.25) is 0 Å². The van der Waals surface area contributed by atoms with E-state index in [0.29, 0.717) is 6.42 Å². The van der Waals surface area contributed by atoms with E-state index in [1.807, 2.05) is 29.3 Å². The molecule has 3 heterocycles. The van der Waals surface area contributed by atoms with Crippen molar-refractivity contribution in [3.8, 4) is 0 Å². The molecule has 0 unspecified atom stereocenters. The summed E-state index contributed by atoms with van der Waals surface area (Å²) in [5.74, 6) is 0.195. The zero-order chi connectivity index (χ0) is 14.1. The zero-order valence-electron chi connectivity index (χ0n) is 12.1. The largest absolute Gasteiger partial charge is 0.342 e. The van der Waals surface area contributed by atoms with Crippen LogP contribution in [-0.4, -0.2) is 38.5 Å². The number of hydrogen-bond acceptors (Lipinski definition) is 3. The van der Waals surface area contributed by atoms with E-state index in [-0.39, 0.29) is 5.91 Å². The summed E-state index contributed by atoms with van der Waals surface area (Å²) in [4.78, 5) is 18.8. The van der Waals surface area contributed by atoms with Gasteiger partial charge in [0.05, 0.1) is 12.6 Å². The van der Waals surface area contributed by atoms with E-state index in [0.717, 1.165) is 48.5 Å². The molecule has 0 atom stereocenters. The Balaban J connectivity index is 1.85. The highest BCUT2D eigenvalue weighted by Gasteiger charge is 2.19. The lowest BCUT2D eigenvalue weighted by Crippen LogP contribution is -2.36. The van der Waals surface area contributed by atoms with Gasteiger partial charge in [-0.15, -0.1) is 0 Å². The Bertz CT molecular complexity index is 641. The number of rotatable bonds is 2. The summed E-state index contributed by atoms with van der Waals surface area (Å²) in [5.41, 5.74) is 3.74. The highest BCUT2D eigenvalue weighted by atomic mass is 16.2. The third-order valence-electron chi connectivity index (χ3n) is 3.90. The quantitative estimate of drug-likeness (QED) is 0.839. The van der Waals surface area contributed by atoms with Crippen molar-refractivity contribution >= 4 is 11.6 Å². The minimum absolute atomic E-state index is 0.195. The molecule has 106 valence electrons. The minimum Gasteiger partial charge on any atom is -0.342 e. The summed E-state index contributed by atoms with van der Waals surface area (Å²) in [6.07, 6.45) is 5.66. The summed E-state index contributed by atoms with van der Waals surface area (Å²) in [5, 5.41) is 4.34.